The first-order valence-corrected chi connectivity index (χ1v) is 7.15. The summed E-state index contributed by atoms with van der Waals surface area (Å²) in [6.07, 6.45) is 2.69. The Morgan fingerprint density at radius 3 is 2.67 bits per heavy atom. The number of nitrogens with one attached hydrogen (secondary N) is 1. The van der Waals surface area contributed by atoms with Gasteiger partial charge in [0, 0.05) is 38.4 Å². The number of carbonyl (C=O) groups excluding carboxylic acids is 1. The number of aromatic nitrogens is 2. The Morgan fingerprint density at radius 1 is 1.48 bits per heavy atom. The van der Waals surface area contributed by atoms with Gasteiger partial charge in [-0.1, -0.05) is 13.8 Å². The van der Waals surface area contributed by atoms with Crippen LogP contribution in [0.1, 0.15) is 32.0 Å². The summed E-state index contributed by atoms with van der Waals surface area (Å²) in [4.78, 5) is 24.5. The average molecular weight is 296 g/mol. The molecule has 7 heteroatoms. The maximum Gasteiger partial charge on any atom is 0.317 e. The number of urea groups is 1. The third-order valence-electron chi connectivity index (χ3n) is 3.34. The first kappa shape index (κ1) is 17.0. The number of hydrogen-bond donors (Lipinski definition) is 2. The third kappa shape index (κ3) is 4.77. The van der Waals surface area contributed by atoms with Crippen LogP contribution < -0.4 is 5.32 Å². The van der Waals surface area contributed by atoms with Gasteiger partial charge >= 0.3 is 12.0 Å². The largest absolute Gasteiger partial charge is 0.481 e. The van der Waals surface area contributed by atoms with E-state index in [0.29, 0.717) is 13.1 Å². The topological polar surface area (TPSA) is 87.5 Å². The quantitative estimate of drug-likeness (QED) is 0.792. The second-order valence-corrected chi connectivity index (χ2v) is 5.06. The minimum absolute atomic E-state index is 0.200. The molecule has 0 aliphatic rings. The van der Waals surface area contributed by atoms with Crippen LogP contribution in [0.5, 0.6) is 0 Å². The molecule has 0 aliphatic carbocycles. The standard InChI is InChI=1S/C14H24N4O3/c1-5-12-11(9-17(4)16-12)7-15-14(21)18(6-2)8-10(3)13(19)20/h9-10H,5-8H2,1-4H3,(H,15,21)(H,19,20). The fraction of sp³-hybridized carbons (Fsp3) is 0.643. The van der Waals surface area contributed by atoms with Gasteiger partial charge in [0.1, 0.15) is 0 Å². The number of carboxylic acid groups (broad SMARTS) is 1. The molecular formula is C14H24N4O3. The van der Waals surface area contributed by atoms with Crippen LogP contribution in [0.3, 0.4) is 0 Å². The number of carboxylic acids is 1. The van der Waals surface area contributed by atoms with Gasteiger partial charge in [-0.05, 0) is 13.3 Å². The first-order chi connectivity index (χ1) is 9.88. The predicted octanol–water partition coefficient (Wildman–Crippen LogP) is 1.23. The number of hydrogen-bond acceptors (Lipinski definition) is 3. The number of amides is 2. The monoisotopic (exact) mass is 296 g/mol. The second kappa shape index (κ2) is 7.66. The van der Waals surface area contributed by atoms with Crippen molar-refractivity contribution in [2.75, 3.05) is 13.1 Å². The Balaban J connectivity index is 2.60. The van der Waals surface area contributed by atoms with E-state index < -0.39 is 11.9 Å². The van der Waals surface area contributed by atoms with Gasteiger partial charge in [0.2, 0.25) is 0 Å². The van der Waals surface area contributed by atoms with Crippen molar-refractivity contribution in [1.82, 2.24) is 20.0 Å². The summed E-state index contributed by atoms with van der Waals surface area (Å²) in [5.74, 6) is -1.48. The van der Waals surface area contributed by atoms with E-state index in [1.54, 1.807) is 11.6 Å². The lowest BCUT2D eigenvalue weighted by molar-refractivity contribution is -0.141. The summed E-state index contributed by atoms with van der Waals surface area (Å²) in [6.45, 7) is 6.50. The van der Waals surface area contributed by atoms with E-state index in [0.717, 1.165) is 17.7 Å². The molecule has 1 aromatic heterocycles. The zero-order chi connectivity index (χ0) is 16.0. The number of carbonyl (C=O) groups is 2. The van der Waals surface area contributed by atoms with Crippen molar-refractivity contribution in [2.45, 2.75) is 33.7 Å². The highest BCUT2D eigenvalue weighted by atomic mass is 16.4. The Morgan fingerprint density at radius 2 is 2.14 bits per heavy atom. The highest BCUT2D eigenvalue weighted by Gasteiger charge is 2.19. The van der Waals surface area contributed by atoms with Gasteiger partial charge in [-0.15, -0.1) is 0 Å². The van der Waals surface area contributed by atoms with Crippen LogP contribution in [-0.4, -0.2) is 44.9 Å². The van der Waals surface area contributed by atoms with Crippen molar-refractivity contribution < 1.29 is 14.7 Å². The van der Waals surface area contributed by atoms with Crippen LogP contribution in [0, 0.1) is 5.92 Å². The summed E-state index contributed by atoms with van der Waals surface area (Å²) in [5, 5.41) is 16.1. The summed E-state index contributed by atoms with van der Waals surface area (Å²) >= 11 is 0. The molecule has 0 fully saturated rings. The molecule has 118 valence electrons. The van der Waals surface area contributed by atoms with Crippen LogP contribution in [0.2, 0.25) is 0 Å². The molecule has 1 heterocycles. The zero-order valence-corrected chi connectivity index (χ0v) is 13.1. The molecule has 2 N–H and O–H groups in total. The number of nitrogens with zero attached hydrogens (tertiary/aromatic N) is 3. The molecule has 0 aromatic carbocycles. The summed E-state index contributed by atoms with van der Waals surface area (Å²) in [7, 11) is 1.84. The highest BCUT2D eigenvalue weighted by molar-refractivity contribution is 5.76. The van der Waals surface area contributed by atoms with Gasteiger partial charge in [-0.25, -0.2) is 4.79 Å². The van der Waals surface area contributed by atoms with Crippen LogP contribution in [0.4, 0.5) is 4.79 Å². The van der Waals surface area contributed by atoms with E-state index in [2.05, 4.69) is 10.4 Å². The molecule has 1 unspecified atom stereocenters. The molecule has 21 heavy (non-hydrogen) atoms. The smallest absolute Gasteiger partial charge is 0.317 e. The van der Waals surface area contributed by atoms with E-state index in [1.807, 2.05) is 27.1 Å². The fourth-order valence-corrected chi connectivity index (χ4v) is 2.08. The number of rotatable bonds is 7. The molecule has 1 aromatic rings. The molecule has 1 rings (SSSR count). The van der Waals surface area contributed by atoms with Gasteiger partial charge < -0.3 is 15.3 Å². The molecule has 0 saturated carbocycles. The minimum atomic E-state index is -0.901. The van der Waals surface area contributed by atoms with E-state index >= 15 is 0 Å². The van der Waals surface area contributed by atoms with Crippen molar-refractivity contribution in [2.24, 2.45) is 13.0 Å². The van der Waals surface area contributed by atoms with Crippen molar-refractivity contribution in [3.8, 4) is 0 Å². The third-order valence-corrected chi connectivity index (χ3v) is 3.34. The molecule has 0 saturated heterocycles. The SMILES string of the molecule is CCc1nn(C)cc1CNC(=O)N(CC)CC(C)C(=O)O. The second-order valence-electron chi connectivity index (χ2n) is 5.06. The Kier molecular flexibility index (Phi) is 6.20. The first-order valence-electron chi connectivity index (χ1n) is 7.15. The normalized spacial score (nSPS) is 12.0. The highest BCUT2D eigenvalue weighted by Crippen LogP contribution is 2.07. The van der Waals surface area contributed by atoms with Crippen LogP contribution >= 0.6 is 0 Å². The summed E-state index contributed by atoms with van der Waals surface area (Å²) in [5.41, 5.74) is 1.94. The lowest BCUT2D eigenvalue weighted by Crippen LogP contribution is -2.43. The molecule has 1 atom stereocenters. The van der Waals surface area contributed by atoms with E-state index in [-0.39, 0.29) is 12.6 Å². The van der Waals surface area contributed by atoms with Gasteiger partial charge in [-0.3, -0.25) is 9.48 Å². The lowest BCUT2D eigenvalue weighted by atomic mass is 10.2. The van der Waals surface area contributed by atoms with E-state index in [1.165, 1.54) is 4.90 Å². The Bertz CT molecular complexity index is 498. The lowest BCUT2D eigenvalue weighted by Gasteiger charge is -2.23. The molecule has 7 nitrogen and oxygen atoms in total. The maximum atomic E-state index is 12.1. The molecule has 2 amide bonds. The van der Waals surface area contributed by atoms with Gasteiger partial charge in [0.15, 0.2) is 0 Å². The number of aryl methyl sites for hydroxylation is 2. The van der Waals surface area contributed by atoms with Crippen molar-refractivity contribution in [3.05, 3.63) is 17.5 Å². The molecule has 0 bridgehead atoms. The maximum absolute atomic E-state index is 12.1. The van der Waals surface area contributed by atoms with Gasteiger partial charge in [0.25, 0.3) is 0 Å². The average Bonchev–Trinajstić information content (AvgIpc) is 2.81. The van der Waals surface area contributed by atoms with E-state index in [4.69, 9.17) is 5.11 Å². The van der Waals surface area contributed by atoms with Crippen LogP contribution in [-0.2, 0) is 24.8 Å². The summed E-state index contributed by atoms with van der Waals surface area (Å²) < 4.78 is 1.73. The van der Waals surface area contributed by atoms with E-state index in [9.17, 15) is 9.59 Å². The van der Waals surface area contributed by atoms with Gasteiger partial charge in [0.05, 0.1) is 11.6 Å². The molecule has 0 radical (unpaired) electrons. The molecule has 0 aliphatic heterocycles. The molecule has 0 spiro atoms. The minimum Gasteiger partial charge on any atom is -0.481 e. The number of aliphatic carboxylic acids is 1. The van der Waals surface area contributed by atoms with Crippen LogP contribution in [0.15, 0.2) is 6.20 Å². The van der Waals surface area contributed by atoms with Crippen molar-refractivity contribution in [1.29, 1.82) is 0 Å². The Labute approximate surface area is 124 Å². The predicted molar refractivity (Wildman–Crippen MR) is 78.9 cm³/mol. The van der Waals surface area contributed by atoms with Crippen molar-refractivity contribution in [3.63, 3.8) is 0 Å². The summed E-state index contributed by atoms with van der Waals surface area (Å²) in [6, 6.07) is -0.253. The van der Waals surface area contributed by atoms with Crippen LogP contribution in [0.25, 0.3) is 0 Å². The zero-order valence-electron chi connectivity index (χ0n) is 13.1. The fourth-order valence-electron chi connectivity index (χ4n) is 2.08. The molecular weight excluding hydrogens is 272 g/mol. The Hall–Kier alpha value is -2.05. The van der Waals surface area contributed by atoms with Crippen molar-refractivity contribution >= 4 is 12.0 Å². The van der Waals surface area contributed by atoms with Gasteiger partial charge in [-0.2, -0.15) is 5.10 Å².